The van der Waals surface area contributed by atoms with E-state index in [1.54, 1.807) is 13.8 Å². The van der Waals surface area contributed by atoms with Gasteiger partial charge in [0.05, 0.1) is 35.8 Å². The Hall–Kier alpha value is -4.16. The Labute approximate surface area is 240 Å². The van der Waals surface area contributed by atoms with E-state index in [1.807, 2.05) is 77.9 Å². The maximum Gasteiger partial charge on any atom is 0.414 e. The number of hydrogen-bond acceptors (Lipinski definition) is 8. The molecule has 0 aliphatic heterocycles. The number of aliphatic imine (C=N–C) groups is 2. The number of hydroxylamine groups is 2. The first kappa shape index (κ1) is 31.4. The van der Waals surface area contributed by atoms with Crippen molar-refractivity contribution in [2.75, 3.05) is 13.2 Å². The molecule has 2 aromatic carbocycles. The molecule has 3 rings (SSSR count). The van der Waals surface area contributed by atoms with Gasteiger partial charge in [0.2, 0.25) is 11.9 Å². The molecular formula is C29H40N6O6. The zero-order valence-electron chi connectivity index (χ0n) is 24.9. The minimum Gasteiger partial charge on any atom is -0.450 e. The van der Waals surface area contributed by atoms with Crippen LogP contribution in [0.25, 0.3) is 11.1 Å². The van der Waals surface area contributed by atoms with Crippen LogP contribution >= 0.6 is 0 Å². The van der Waals surface area contributed by atoms with Crippen molar-refractivity contribution in [3.05, 3.63) is 47.5 Å². The Bertz CT molecular complexity index is 1210. The zero-order valence-corrected chi connectivity index (χ0v) is 24.9. The summed E-state index contributed by atoms with van der Waals surface area (Å²) in [5.41, 5.74) is 9.92. The molecule has 0 unspecified atom stereocenters. The lowest BCUT2D eigenvalue weighted by Gasteiger charge is -2.20. The van der Waals surface area contributed by atoms with Crippen LogP contribution in [0.15, 0.2) is 46.4 Å². The van der Waals surface area contributed by atoms with Crippen LogP contribution in [0.5, 0.6) is 0 Å². The van der Waals surface area contributed by atoms with Crippen LogP contribution in [0.4, 0.5) is 21.0 Å². The second-order valence-corrected chi connectivity index (χ2v) is 11.1. The van der Waals surface area contributed by atoms with E-state index in [4.69, 9.17) is 19.1 Å². The first-order chi connectivity index (χ1) is 19.3. The fourth-order valence-electron chi connectivity index (χ4n) is 3.66. The van der Waals surface area contributed by atoms with Crippen LogP contribution in [-0.4, -0.2) is 48.5 Å². The average molecular weight is 569 g/mol. The van der Waals surface area contributed by atoms with E-state index in [0.717, 1.165) is 22.3 Å². The van der Waals surface area contributed by atoms with E-state index in [1.165, 1.54) is 0 Å². The van der Waals surface area contributed by atoms with E-state index < -0.39 is 23.4 Å². The molecule has 0 heterocycles. The molecule has 2 aromatic rings. The molecule has 0 atom stereocenters. The molecule has 222 valence electrons. The normalized spacial score (nSPS) is 13.2. The van der Waals surface area contributed by atoms with Gasteiger partial charge in [-0.3, -0.25) is 20.3 Å². The minimum atomic E-state index is -0.642. The Morgan fingerprint density at radius 2 is 1.10 bits per heavy atom. The molecule has 0 radical (unpaired) electrons. The molecule has 4 N–H and O–H groups in total. The van der Waals surface area contributed by atoms with Crippen molar-refractivity contribution in [2.24, 2.45) is 9.98 Å². The Balaban J connectivity index is 1.84. The summed E-state index contributed by atoms with van der Waals surface area (Å²) in [4.78, 5) is 44.3. The van der Waals surface area contributed by atoms with Gasteiger partial charge in [-0.1, -0.05) is 12.1 Å². The number of carbonyl (C=O) groups is 2. The van der Waals surface area contributed by atoms with Crippen LogP contribution in [0.3, 0.4) is 0 Å². The van der Waals surface area contributed by atoms with Gasteiger partial charge in [-0.2, -0.15) is 0 Å². The number of nitrogens with zero attached hydrogens (tertiary/aromatic N) is 2. The summed E-state index contributed by atoms with van der Waals surface area (Å²) in [6.45, 7) is 15.1. The van der Waals surface area contributed by atoms with E-state index >= 15 is 0 Å². The molecule has 0 spiro atoms. The molecule has 0 saturated carbocycles. The van der Waals surface area contributed by atoms with Crippen molar-refractivity contribution >= 4 is 35.5 Å². The van der Waals surface area contributed by atoms with E-state index in [-0.39, 0.29) is 25.1 Å². The lowest BCUT2D eigenvalue weighted by molar-refractivity contribution is -0.0440. The van der Waals surface area contributed by atoms with Crippen molar-refractivity contribution in [3.63, 3.8) is 0 Å². The third kappa shape index (κ3) is 10.1. The molecule has 0 fully saturated rings. The highest BCUT2D eigenvalue weighted by atomic mass is 16.7. The first-order valence-corrected chi connectivity index (χ1v) is 13.5. The summed E-state index contributed by atoms with van der Waals surface area (Å²) >= 11 is 0. The lowest BCUT2D eigenvalue weighted by Crippen LogP contribution is -2.44. The highest BCUT2D eigenvalue weighted by Gasteiger charge is 2.21. The van der Waals surface area contributed by atoms with Crippen molar-refractivity contribution < 1.29 is 28.7 Å². The van der Waals surface area contributed by atoms with Gasteiger partial charge in [-0.25, -0.2) is 30.5 Å². The van der Waals surface area contributed by atoms with E-state index in [9.17, 15) is 9.59 Å². The van der Waals surface area contributed by atoms with Gasteiger partial charge in [-0.15, -0.1) is 0 Å². The molecule has 0 aromatic heterocycles. The maximum atomic E-state index is 12.0. The summed E-state index contributed by atoms with van der Waals surface area (Å²) in [6, 6.07) is 11.6. The van der Waals surface area contributed by atoms with Crippen LogP contribution in [0.2, 0.25) is 0 Å². The van der Waals surface area contributed by atoms with Gasteiger partial charge in [0.15, 0.2) is 0 Å². The van der Waals surface area contributed by atoms with Crippen molar-refractivity contribution in [3.8, 4) is 11.1 Å². The predicted octanol–water partition coefficient (Wildman–Crippen LogP) is 5.36. The molecule has 2 amide bonds. The predicted molar refractivity (Wildman–Crippen MR) is 157 cm³/mol. The average Bonchev–Trinajstić information content (AvgIpc) is 3.22. The number of ether oxygens (including phenoxy) is 2. The lowest BCUT2D eigenvalue weighted by atomic mass is 10.1. The number of alkyl carbamates (subject to hydrolysis) is 2. The smallest absolute Gasteiger partial charge is 0.414 e. The van der Waals surface area contributed by atoms with Crippen molar-refractivity contribution in [2.45, 2.75) is 73.0 Å². The third-order valence-corrected chi connectivity index (χ3v) is 5.23. The van der Waals surface area contributed by atoms with Crippen LogP contribution in [0, 0.1) is 0 Å². The molecule has 1 aliphatic carbocycles. The summed E-state index contributed by atoms with van der Waals surface area (Å²) in [5, 5.41) is 5.15. The number of carbonyl (C=O) groups excluding carboxylic acids is 2. The molecular weight excluding hydrogens is 528 g/mol. The number of benzene rings is 2. The summed E-state index contributed by atoms with van der Waals surface area (Å²) < 4.78 is 9.96. The molecule has 12 nitrogen and oxygen atoms in total. The number of hydrogen-bond donors (Lipinski definition) is 4. The standard InChI is InChI=1S/C29H40N6O6/c1-9-38-26(36)32-24(34-40-28(3,4)5)30-20-11-13-22-18(16-20)15-19-17-21(12-14-23(19)22)31-25(33-27(37)39-10-2)35-41-29(6,7)8/h11-14,16-17H,9-10,15H2,1-8H3,(H2,30,32,34,36)(H2,31,33,35,37). The second-order valence-electron chi connectivity index (χ2n) is 11.1. The zero-order chi connectivity index (χ0) is 30.2. The van der Waals surface area contributed by atoms with Gasteiger partial charge < -0.3 is 9.47 Å². The SMILES string of the molecule is CCOC(=O)NC(=Nc1ccc2c(c1)Cc1cc(N=C(NOC(C)(C)C)NC(=O)OCC)ccc1-2)NOC(C)(C)C. The Morgan fingerprint density at radius 1 is 0.707 bits per heavy atom. The third-order valence-electron chi connectivity index (χ3n) is 5.23. The quantitative estimate of drug-likeness (QED) is 0.177. The monoisotopic (exact) mass is 568 g/mol. The summed E-state index contributed by atoms with van der Waals surface area (Å²) in [6.07, 6.45) is -0.634. The largest absolute Gasteiger partial charge is 0.450 e. The summed E-state index contributed by atoms with van der Waals surface area (Å²) in [5.74, 6) is 0.217. The van der Waals surface area contributed by atoms with Crippen LogP contribution in [0.1, 0.15) is 66.5 Å². The van der Waals surface area contributed by atoms with Gasteiger partial charge in [0.25, 0.3) is 0 Å². The van der Waals surface area contributed by atoms with Crippen LogP contribution in [-0.2, 0) is 25.6 Å². The van der Waals surface area contributed by atoms with Gasteiger partial charge in [-0.05, 0) is 108 Å². The number of nitrogens with one attached hydrogen (secondary N) is 4. The molecule has 0 saturated heterocycles. The molecule has 41 heavy (non-hydrogen) atoms. The Morgan fingerprint density at radius 3 is 1.44 bits per heavy atom. The number of amides is 2. The van der Waals surface area contributed by atoms with E-state index in [2.05, 4.69) is 31.6 Å². The number of rotatable bonds is 6. The minimum absolute atomic E-state index is 0.108. The number of guanidine groups is 2. The summed E-state index contributed by atoms with van der Waals surface area (Å²) in [7, 11) is 0. The van der Waals surface area contributed by atoms with Crippen molar-refractivity contribution in [1.29, 1.82) is 0 Å². The molecule has 0 bridgehead atoms. The maximum absolute atomic E-state index is 12.0. The highest BCUT2D eigenvalue weighted by molar-refractivity contribution is 5.95. The van der Waals surface area contributed by atoms with E-state index in [0.29, 0.717) is 17.8 Å². The first-order valence-electron chi connectivity index (χ1n) is 13.5. The number of fused-ring (bicyclic) bond motifs is 3. The van der Waals surface area contributed by atoms with Gasteiger partial charge in [0.1, 0.15) is 0 Å². The molecule has 12 heteroatoms. The van der Waals surface area contributed by atoms with Crippen LogP contribution < -0.4 is 21.6 Å². The fraction of sp³-hybridized carbons (Fsp3) is 0.448. The second kappa shape index (κ2) is 13.5. The topological polar surface area (TPSA) is 144 Å². The van der Waals surface area contributed by atoms with Gasteiger partial charge in [0, 0.05) is 0 Å². The van der Waals surface area contributed by atoms with Crippen molar-refractivity contribution in [1.82, 2.24) is 21.6 Å². The molecule has 1 aliphatic rings. The fourth-order valence-corrected chi connectivity index (χ4v) is 3.66. The van der Waals surface area contributed by atoms with Gasteiger partial charge >= 0.3 is 12.2 Å². The highest BCUT2D eigenvalue weighted by Crippen LogP contribution is 2.40. The Kier molecular flexibility index (Phi) is 10.3.